The topological polar surface area (TPSA) is 26.0 Å². The van der Waals surface area contributed by atoms with Gasteiger partial charge in [-0.1, -0.05) is 52.5 Å². The third kappa shape index (κ3) is 6.44. The maximum absolute atomic E-state index is 6.18. The van der Waals surface area contributed by atoms with Crippen LogP contribution in [0.3, 0.4) is 0 Å². The second kappa shape index (κ2) is 10.8. The number of hydrogen-bond acceptors (Lipinski definition) is 1. The molecule has 0 heterocycles. The Bertz CT molecular complexity index is 981. The molecule has 2 nitrogen and oxygen atoms in total. The normalized spacial score (nSPS) is 11.4. The molecule has 28 heavy (non-hydrogen) atoms. The summed E-state index contributed by atoms with van der Waals surface area (Å²) in [6, 6.07) is 20.4. The third-order valence-electron chi connectivity index (χ3n) is 3.70. The summed E-state index contributed by atoms with van der Waals surface area (Å²) in [5.41, 5.74) is 3.57. The molecule has 0 amide bonds. The van der Waals surface area contributed by atoms with Gasteiger partial charge in [0.25, 0.3) is 0 Å². The molecule has 0 fully saturated rings. The average molecular weight is 473 g/mol. The van der Waals surface area contributed by atoms with Crippen molar-refractivity contribution in [2.24, 2.45) is 0 Å². The molecule has 0 radical (unpaired) electrons. The van der Waals surface area contributed by atoms with Crippen molar-refractivity contribution in [3.63, 3.8) is 0 Å². The van der Waals surface area contributed by atoms with Gasteiger partial charge in [0.2, 0.25) is 5.69 Å². The van der Waals surface area contributed by atoms with E-state index in [9.17, 15) is 0 Å². The van der Waals surface area contributed by atoms with Gasteiger partial charge in [-0.15, -0.1) is 0 Å². The van der Waals surface area contributed by atoms with Gasteiger partial charge in [-0.2, -0.15) is 0 Å². The highest BCUT2D eigenvalue weighted by Crippen LogP contribution is 2.27. The van der Waals surface area contributed by atoms with Crippen molar-refractivity contribution in [1.82, 2.24) is 0 Å². The van der Waals surface area contributed by atoms with Crippen LogP contribution in [0.25, 0.3) is 5.70 Å². The smallest absolute Gasteiger partial charge is 0.203 e. The molecule has 0 saturated carbocycles. The maximum Gasteiger partial charge on any atom is 0.203 e. The molecule has 0 aliphatic heterocycles. The van der Waals surface area contributed by atoms with Crippen LogP contribution in [-0.4, -0.2) is 6.21 Å². The van der Waals surface area contributed by atoms with E-state index in [1.807, 2.05) is 73.0 Å². The Morgan fingerprint density at radius 1 is 0.750 bits per heavy atom. The first kappa shape index (κ1) is 22.6. The standard InChI is InChI=1S/C21H14Cl4N2.ClH/c22-15-2-6-17(7-3-15)26-12-11-21(14-1-10-19(24)20(25)13-14)27-18-8-4-16(23)5-9-18;/h1-13,27H;1H. The van der Waals surface area contributed by atoms with Gasteiger partial charge < -0.3 is 17.7 Å². The lowest BCUT2D eigenvalue weighted by Crippen LogP contribution is -3.00. The van der Waals surface area contributed by atoms with Crippen LogP contribution in [0.15, 0.2) is 72.8 Å². The fraction of sp³-hybridized carbons (Fsp3) is 0. The van der Waals surface area contributed by atoms with Gasteiger partial charge >= 0.3 is 0 Å². The Kier molecular flexibility index (Phi) is 8.68. The van der Waals surface area contributed by atoms with Gasteiger partial charge in [0, 0.05) is 33.9 Å². The van der Waals surface area contributed by atoms with Crippen LogP contribution in [0.2, 0.25) is 20.1 Å². The van der Waals surface area contributed by atoms with Crippen molar-refractivity contribution in [3.05, 3.63) is 98.5 Å². The number of halogens is 5. The molecule has 3 aromatic rings. The van der Waals surface area contributed by atoms with Crippen LogP contribution in [0, 0.1) is 0 Å². The lowest BCUT2D eigenvalue weighted by molar-refractivity contribution is -0.346. The van der Waals surface area contributed by atoms with Crippen molar-refractivity contribution in [2.75, 3.05) is 5.32 Å². The number of allylic oxidation sites excluding steroid dienone is 1. The highest BCUT2D eigenvalue weighted by molar-refractivity contribution is 6.42. The molecular weight excluding hydrogens is 458 g/mol. The van der Waals surface area contributed by atoms with Crippen LogP contribution >= 0.6 is 46.4 Å². The van der Waals surface area contributed by atoms with Gasteiger partial charge in [0.1, 0.15) is 0 Å². The molecule has 0 aromatic heterocycles. The van der Waals surface area contributed by atoms with Crippen LogP contribution < -0.4 is 22.7 Å². The minimum absolute atomic E-state index is 0. The van der Waals surface area contributed by atoms with E-state index in [1.165, 1.54) is 0 Å². The quantitative estimate of drug-likeness (QED) is 0.548. The summed E-state index contributed by atoms with van der Waals surface area (Å²) in [5, 5.41) is 5.74. The van der Waals surface area contributed by atoms with Crippen molar-refractivity contribution in [3.8, 4) is 0 Å². The van der Waals surface area contributed by atoms with E-state index in [1.54, 1.807) is 6.07 Å². The van der Waals surface area contributed by atoms with Crippen molar-refractivity contribution >= 4 is 69.7 Å². The van der Waals surface area contributed by atoms with Crippen LogP contribution in [-0.2, 0) is 0 Å². The number of hydrogen-bond donors (Lipinski definition) is 2. The number of anilines is 1. The summed E-state index contributed by atoms with van der Waals surface area (Å²) in [6.45, 7) is 0. The van der Waals surface area contributed by atoms with E-state index >= 15 is 0 Å². The predicted octanol–water partition coefficient (Wildman–Crippen LogP) is 3.24. The first-order valence-corrected chi connectivity index (χ1v) is 9.56. The van der Waals surface area contributed by atoms with Crippen LogP contribution in [0.5, 0.6) is 0 Å². The summed E-state index contributed by atoms with van der Waals surface area (Å²) in [5.74, 6) is 0. The van der Waals surface area contributed by atoms with Crippen LogP contribution in [0.1, 0.15) is 5.56 Å². The molecule has 7 heteroatoms. The Balaban J connectivity index is 0.00000280. The fourth-order valence-electron chi connectivity index (χ4n) is 2.33. The maximum atomic E-state index is 6.18. The molecule has 0 unspecified atom stereocenters. The monoisotopic (exact) mass is 470 g/mol. The van der Waals surface area contributed by atoms with Crippen molar-refractivity contribution in [1.29, 1.82) is 0 Å². The molecule has 0 saturated heterocycles. The van der Waals surface area contributed by atoms with Gasteiger partial charge in [0.15, 0.2) is 6.21 Å². The highest BCUT2D eigenvalue weighted by atomic mass is 35.5. The molecule has 0 spiro atoms. The van der Waals surface area contributed by atoms with E-state index < -0.39 is 0 Å². The molecule has 2 N–H and O–H groups in total. The minimum Gasteiger partial charge on any atom is -1.00 e. The number of benzene rings is 3. The zero-order valence-corrected chi connectivity index (χ0v) is 18.2. The molecular formula is C21H15Cl5N2. The molecule has 0 aliphatic rings. The Hall–Kier alpha value is -1.68. The van der Waals surface area contributed by atoms with E-state index in [2.05, 4.69) is 10.3 Å². The minimum atomic E-state index is 0. The number of rotatable bonds is 5. The van der Waals surface area contributed by atoms with Gasteiger partial charge in [0.05, 0.1) is 15.7 Å². The molecule has 144 valence electrons. The second-order valence-corrected chi connectivity index (χ2v) is 7.35. The largest absolute Gasteiger partial charge is 1.00 e. The SMILES string of the molecule is Clc1ccc(NC(=CC=[NH+]c2ccc(Cl)cc2)c2ccc(Cl)c(Cl)c2)cc1.[Cl-]. The summed E-state index contributed by atoms with van der Waals surface area (Å²) in [7, 11) is 0. The summed E-state index contributed by atoms with van der Waals surface area (Å²) >= 11 is 24.1. The third-order valence-corrected chi connectivity index (χ3v) is 4.94. The average Bonchev–Trinajstić information content (AvgIpc) is 2.66. The fourth-order valence-corrected chi connectivity index (χ4v) is 2.88. The zero-order chi connectivity index (χ0) is 19.2. The summed E-state index contributed by atoms with van der Waals surface area (Å²) in [4.78, 5) is 3.21. The molecule has 0 bridgehead atoms. The zero-order valence-electron chi connectivity index (χ0n) is 14.4. The molecule has 3 rings (SSSR count). The van der Waals surface area contributed by atoms with E-state index in [-0.39, 0.29) is 12.4 Å². The van der Waals surface area contributed by atoms with Gasteiger partial charge in [-0.3, -0.25) is 0 Å². The second-order valence-electron chi connectivity index (χ2n) is 5.66. The van der Waals surface area contributed by atoms with Crippen LogP contribution in [0.4, 0.5) is 11.4 Å². The Labute approximate surface area is 190 Å². The van der Waals surface area contributed by atoms with Crippen molar-refractivity contribution in [2.45, 2.75) is 0 Å². The number of nitrogens with one attached hydrogen (secondary N) is 2. The highest BCUT2D eigenvalue weighted by Gasteiger charge is 2.06. The first-order chi connectivity index (χ1) is 13.0. The van der Waals surface area contributed by atoms with Gasteiger partial charge in [-0.05, 0) is 54.1 Å². The Morgan fingerprint density at radius 2 is 1.36 bits per heavy atom. The molecule has 3 aromatic carbocycles. The molecule has 0 atom stereocenters. The molecule has 0 aliphatic carbocycles. The first-order valence-electron chi connectivity index (χ1n) is 8.05. The predicted molar refractivity (Wildman–Crippen MR) is 118 cm³/mol. The van der Waals surface area contributed by atoms with E-state index in [0.29, 0.717) is 20.1 Å². The van der Waals surface area contributed by atoms with E-state index in [0.717, 1.165) is 22.6 Å². The lowest BCUT2D eigenvalue weighted by Gasteiger charge is -2.11. The Morgan fingerprint density at radius 3 is 1.96 bits per heavy atom. The lowest BCUT2D eigenvalue weighted by atomic mass is 10.1. The van der Waals surface area contributed by atoms with Crippen molar-refractivity contribution < 1.29 is 17.4 Å². The summed E-state index contributed by atoms with van der Waals surface area (Å²) in [6.07, 6.45) is 3.76. The summed E-state index contributed by atoms with van der Waals surface area (Å²) < 4.78 is 0. The van der Waals surface area contributed by atoms with Gasteiger partial charge in [-0.25, -0.2) is 4.99 Å². The van der Waals surface area contributed by atoms with E-state index in [4.69, 9.17) is 46.4 Å².